The van der Waals surface area contributed by atoms with Crippen molar-refractivity contribution in [3.05, 3.63) is 101 Å². The first-order valence-corrected chi connectivity index (χ1v) is 9.39. The number of benzene rings is 3. The largest absolute Gasteiger partial charge is 0.380 e. The number of carbonyl (C=O) groups is 2. The molecule has 3 aromatic carbocycles. The Morgan fingerprint density at radius 2 is 1.62 bits per heavy atom. The van der Waals surface area contributed by atoms with E-state index in [9.17, 15) is 9.59 Å². The van der Waals surface area contributed by atoms with E-state index in [2.05, 4.69) is 10.6 Å². The smallest absolute Gasteiger partial charge is 0.255 e. The number of amides is 2. The van der Waals surface area contributed by atoms with Crippen LogP contribution in [0.15, 0.2) is 72.8 Å². The van der Waals surface area contributed by atoms with E-state index in [0.717, 1.165) is 11.1 Å². The molecule has 3 aromatic rings. The van der Waals surface area contributed by atoms with Crippen LogP contribution in [0.25, 0.3) is 0 Å². The second-order valence-corrected chi connectivity index (χ2v) is 6.80. The van der Waals surface area contributed by atoms with Gasteiger partial charge in [0.05, 0.1) is 17.9 Å². The quantitative estimate of drug-likeness (QED) is 0.633. The molecule has 3 rings (SSSR count). The number of ether oxygens (including phenoxy) is 1. The first kappa shape index (κ1) is 20.3. The summed E-state index contributed by atoms with van der Waals surface area (Å²) in [5, 5.41) is 5.75. The molecule has 29 heavy (non-hydrogen) atoms. The molecule has 0 aliphatic heterocycles. The number of nitrogens with one attached hydrogen (secondary N) is 2. The summed E-state index contributed by atoms with van der Waals surface area (Å²) in [5.74, 6) is -0.517. The molecule has 0 bridgehead atoms. The highest BCUT2D eigenvalue weighted by atomic mass is 16.5. The summed E-state index contributed by atoms with van der Waals surface area (Å²) >= 11 is 0. The Hall–Kier alpha value is -3.44. The van der Waals surface area contributed by atoms with Gasteiger partial charge < -0.3 is 15.4 Å². The molecule has 0 aliphatic carbocycles. The number of para-hydroxylation sites is 1. The molecule has 0 radical (unpaired) electrons. The molecule has 0 atom stereocenters. The summed E-state index contributed by atoms with van der Waals surface area (Å²) in [4.78, 5) is 25.4. The maximum Gasteiger partial charge on any atom is 0.255 e. The van der Waals surface area contributed by atoms with Crippen LogP contribution in [0.4, 0.5) is 5.69 Å². The molecule has 5 heteroatoms. The Balaban J connectivity index is 1.71. The van der Waals surface area contributed by atoms with Crippen molar-refractivity contribution in [3.63, 3.8) is 0 Å². The van der Waals surface area contributed by atoms with Gasteiger partial charge in [-0.25, -0.2) is 0 Å². The van der Waals surface area contributed by atoms with Gasteiger partial charge in [0, 0.05) is 19.2 Å². The van der Waals surface area contributed by atoms with Gasteiger partial charge in [0.25, 0.3) is 11.8 Å². The van der Waals surface area contributed by atoms with Crippen molar-refractivity contribution in [1.29, 1.82) is 0 Å². The molecule has 148 valence electrons. The highest BCUT2D eigenvalue weighted by molar-refractivity contribution is 6.09. The first-order valence-electron chi connectivity index (χ1n) is 9.39. The van der Waals surface area contributed by atoms with E-state index >= 15 is 0 Å². The topological polar surface area (TPSA) is 67.4 Å². The fraction of sp³-hybridized carbons (Fsp3) is 0.167. The highest BCUT2D eigenvalue weighted by Gasteiger charge is 2.14. The number of aryl methyl sites for hydroxylation is 1. The Labute approximate surface area is 170 Å². The second kappa shape index (κ2) is 9.66. The average Bonchev–Trinajstić information content (AvgIpc) is 2.74. The van der Waals surface area contributed by atoms with Crippen LogP contribution in [-0.2, 0) is 17.9 Å². The van der Waals surface area contributed by atoms with Crippen LogP contribution in [0, 0.1) is 6.92 Å². The summed E-state index contributed by atoms with van der Waals surface area (Å²) in [6, 6.07) is 22.2. The fourth-order valence-corrected chi connectivity index (χ4v) is 2.94. The molecule has 0 unspecified atom stereocenters. The standard InChI is InChI=1S/C24H24N2O3/c1-17-10-12-18(13-11-17)15-25-24(28)21-8-3-4-9-22(21)26-23(27)20-7-5-6-19(14-20)16-29-2/h3-14H,15-16H2,1-2H3,(H,25,28)(H,26,27). The number of carbonyl (C=O) groups excluding carboxylic acids is 2. The number of methoxy groups -OCH3 is 1. The minimum atomic E-state index is -0.276. The molecule has 0 aromatic heterocycles. The van der Waals surface area contributed by atoms with Gasteiger partial charge in [-0.1, -0.05) is 54.1 Å². The number of anilines is 1. The SMILES string of the molecule is COCc1cccc(C(=O)Nc2ccccc2C(=O)NCc2ccc(C)cc2)c1. The minimum absolute atomic E-state index is 0.241. The van der Waals surface area contributed by atoms with E-state index in [1.807, 2.05) is 43.3 Å². The van der Waals surface area contributed by atoms with Gasteiger partial charge in [0.2, 0.25) is 0 Å². The summed E-state index contributed by atoms with van der Waals surface area (Å²) in [6.45, 7) is 2.87. The van der Waals surface area contributed by atoms with E-state index < -0.39 is 0 Å². The zero-order valence-electron chi connectivity index (χ0n) is 16.6. The summed E-state index contributed by atoms with van der Waals surface area (Å²) in [7, 11) is 1.61. The first-order chi connectivity index (χ1) is 14.1. The van der Waals surface area contributed by atoms with E-state index in [1.54, 1.807) is 43.5 Å². The van der Waals surface area contributed by atoms with Gasteiger partial charge in [-0.2, -0.15) is 0 Å². The van der Waals surface area contributed by atoms with E-state index in [4.69, 9.17) is 4.74 Å². The predicted molar refractivity (Wildman–Crippen MR) is 114 cm³/mol. The van der Waals surface area contributed by atoms with Gasteiger partial charge in [0.15, 0.2) is 0 Å². The Kier molecular flexibility index (Phi) is 6.76. The second-order valence-electron chi connectivity index (χ2n) is 6.80. The number of hydrogen-bond acceptors (Lipinski definition) is 3. The van der Waals surface area contributed by atoms with Crippen molar-refractivity contribution < 1.29 is 14.3 Å². The van der Waals surface area contributed by atoms with Gasteiger partial charge >= 0.3 is 0 Å². The normalized spacial score (nSPS) is 10.4. The Morgan fingerprint density at radius 1 is 0.862 bits per heavy atom. The van der Waals surface area contributed by atoms with Crippen molar-refractivity contribution in [3.8, 4) is 0 Å². The third-order valence-electron chi connectivity index (χ3n) is 4.49. The summed E-state index contributed by atoms with van der Waals surface area (Å²) < 4.78 is 5.12. The van der Waals surface area contributed by atoms with Gasteiger partial charge in [-0.15, -0.1) is 0 Å². The maximum atomic E-state index is 12.7. The van der Waals surface area contributed by atoms with Crippen LogP contribution in [0.5, 0.6) is 0 Å². The van der Waals surface area contributed by atoms with Gasteiger partial charge in [0.1, 0.15) is 0 Å². The molecule has 0 saturated carbocycles. The number of hydrogen-bond donors (Lipinski definition) is 2. The lowest BCUT2D eigenvalue weighted by atomic mass is 10.1. The Bertz CT molecular complexity index is 997. The fourth-order valence-electron chi connectivity index (χ4n) is 2.94. The van der Waals surface area contributed by atoms with E-state index in [0.29, 0.717) is 30.0 Å². The van der Waals surface area contributed by atoms with Gasteiger partial charge in [-0.3, -0.25) is 9.59 Å². The zero-order valence-corrected chi connectivity index (χ0v) is 16.6. The van der Waals surface area contributed by atoms with Crippen LogP contribution in [0.2, 0.25) is 0 Å². The maximum absolute atomic E-state index is 12.7. The minimum Gasteiger partial charge on any atom is -0.380 e. The predicted octanol–water partition coefficient (Wildman–Crippen LogP) is 4.32. The van der Waals surface area contributed by atoms with Crippen molar-refractivity contribution >= 4 is 17.5 Å². The van der Waals surface area contributed by atoms with Crippen LogP contribution >= 0.6 is 0 Å². The molecule has 0 aliphatic rings. The Morgan fingerprint density at radius 3 is 2.38 bits per heavy atom. The molecule has 0 heterocycles. The molecule has 2 amide bonds. The molecule has 0 saturated heterocycles. The third kappa shape index (κ3) is 5.53. The van der Waals surface area contributed by atoms with E-state index in [-0.39, 0.29) is 11.8 Å². The van der Waals surface area contributed by atoms with Crippen molar-refractivity contribution in [2.75, 3.05) is 12.4 Å². The van der Waals surface area contributed by atoms with Crippen LogP contribution in [0.3, 0.4) is 0 Å². The van der Waals surface area contributed by atoms with Crippen molar-refractivity contribution in [2.45, 2.75) is 20.1 Å². The highest BCUT2D eigenvalue weighted by Crippen LogP contribution is 2.17. The lowest BCUT2D eigenvalue weighted by Gasteiger charge is -2.12. The lowest BCUT2D eigenvalue weighted by molar-refractivity contribution is 0.0952. The molecular formula is C24H24N2O3. The molecule has 0 fully saturated rings. The van der Waals surface area contributed by atoms with Crippen molar-refractivity contribution in [1.82, 2.24) is 5.32 Å². The van der Waals surface area contributed by atoms with Gasteiger partial charge in [-0.05, 0) is 42.3 Å². The molecular weight excluding hydrogens is 364 g/mol. The molecule has 0 spiro atoms. The van der Waals surface area contributed by atoms with E-state index in [1.165, 1.54) is 5.56 Å². The summed E-state index contributed by atoms with van der Waals surface area (Å²) in [6.07, 6.45) is 0. The monoisotopic (exact) mass is 388 g/mol. The van der Waals surface area contributed by atoms with Crippen LogP contribution in [-0.4, -0.2) is 18.9 Å². The van der Waals surface area contributed by atoms with Crippen LogP contribution in [0.1, 0.15) is 37.4 Å². The van der Waals surface area contributed by atoms with Crippen LogP contribution < -0.4 is 10.6 Å². The third-order valence-corrected chi connectivity index (χ3v) is 4.49. The molecule has 5 nitrogen and oxygen atoms in total. The molecule has 2 N–H and O–H groups in total. The van der Waals surface area contributed by atoms with Crippen molar-refractivity contribution in [2.24, 2.45) is 0 Å². The summed E-state index contributed by atoms with van der Waals surface area (Å²) in [5.41, 5.74) is 4.49. The zero-order chi connectivity index (χ0) is 20.6. The number of rotatable bonds is 7. The average molecular weight is 388 g/mol. The lowest BCUT2D eigenvalue weighted by Crippen LogP contribution is -2.25.